The molecular weight excluding hydrogens is 188 g/mol. The molecule has 0 saturated heterocycles. The van der Waals surface area contributed by atoms with Gasteiger partial charge in [0.15, 0.2) is 0 Å². The Kier molecular flexibility index (Phi) is 5.52. The van der Waals surface area contributed by atoms with Crippen molar-refractivity contribution in [3.8, 4) is 0 Å². The Morgan fingerprint density at radius 1 is 1.21 bits per heavy atom. The van der Waals surface area contributed by atoms with Crippen LogP contribution in [-0.2, 0) is 4.74 Å². The van der Waals surface area contributed by atoms with E-state index < -0.39 is 19.1 Å². The second kappa shape index (κ2) is 5.61. The van der Waals surface area contributed by atoms with Gasteiger partial charge >= 0.3 is 0 Å². The molecular formula is C10H21F2NO. The Morgan fingerprint density at radius 3 is 2.21 bits per heavy atom. The molecule has 0 amide bonds. The number of nitrogens with two attached hydrogens (primary N) is 1. The molecule has 0 aromatic heterocycles. The summed E-state index contributed by atoms with van der Waals surface area (Å²) in [5, 5.41) is 0. The normalized spacial score (nSPS) is 13.3. The fraction of sp³-hybridized carbons (Fsp3) is 1.00. The predicted octanol–water partition coefficient (Wildman–Crippen LogP) is 2.42. The first-order valence-corrected chi connectivity index (χ1v) is 4.92. The maximum Gasteiger partial charge on any atom is 0.282 e. The number of hydrogen-bond acceptors (Lipinski definition) is 2. The van der Waals surface area contributed by atoms with Gasteiger partial charge in [0.05, 0.1) is 6.54 Å². The Hall–Kier alpha value is -0.220. The third kappa shape index (κ3) is 8.38. The number of halogens is 2. The van der Waals surface area contributed by atoms with E-state index in [1.807, 2.05) is 0 Å². The van der Waals surface area contributed by atoms with Crippen molar-refractivity contribution >= 4 is 0 Å². The summed E-state index contributed by atoms with van der Waals surface area (Å²) < 4.78 is 30.0. The minimum atomic E-state index is -2.87. The molecule has 0 fully saturated rings. The molecule has 0 rings (SSSR count). The van der Waals surface area contributed by atoms with Gasteiger partial charge in [-0.15, -0.1) is 0 Å². The lowest BCUT2D eigenvalue weighted by atomic mass is 9.91. The van der Waals surface area contributed by atoms with E-state index in [4.69, 9.17) is 10.5 Å². The molecule has 0 bridgehead atoms. The highest BCUT2D eigenvalue weighted by atomic mass is 19.3. The fourth-order valence-electron chi connectivity index (χ4n) is 0.985. The first-order valence-electron chi connectivity index (χ1n) is 4.92. The molecule has 0 aliphatic heterocycles. The van der Waals surface area contributed by atoms with Gasteiger partial charge in [-0.25, -0.2) is 8.78 Å². The van der Waals surface area contributed by atoms with Crippen molar-refractivity contribution in [2.24, 2.45) is 11.1 Å². The molecule has 2 N–H and O–H groups in total. The molecule has 86 valence electrons. The summed E-state index contributed by atoms with van der Waals surface area (Å²) in [5.41, 5.74) is 5.10. The fourth-order valence-corrected chi connectivity index (χ4v) is 0.985. The highest BCUT2D eigenvalue weighted by Gasteiger charge is 2.26. The van der Waals surface area contributed by atoms with Crippen LogP contribution in [0.3, 0.4) is 0 Å². The standard InChI is InChI=1S/C10H21F2NO/c1-9(2,3)5-4-6-14-8-10(11,12)7-13/h4-8,13H2,1-3H3. The first-order chi connectivity index (χ1) is 6.27. The summed E-state index contributed by atoms with van der Waals surface area (Å²) >= 11 is 0. The number of hydrogen-bond donors (Lipinski definition) is 1. The molecule has 0 radical (unpaired) electrons. The Labute approximate surface area is 84.8 Å². The minimum Gasteiger partial charge on any atom is -0.375 e. The average Bonchev–Trinajstić information content (AvgIpc) is 2.01. The van der Waals surface area contributed by atoms with Crippen molar-refractivity contribution in [1.82, 2.24) is 0 Å². The van der Waals surface area contributed by atoms with Crippen LogP contribution < -0.4 is 5.73 Å². The van der Waals surface area contributed by atoms with E-state index in [9.17, 15) is 8.78 Å². The molecule has 0 heterocycles. The summed E-state index contributed by atoms with van der Waals surface area (Å²) in [6.45, 7) is 5.51. The zero-order valence-electron chi connectivity index (χ0n) is 9.28. The molecule has 0 aliphatic carbocycles. The van der Waals surface area contributed by atoms with E-state index in [0.29, 0.717) is 6.61 Å². The van der Waals surface area contributed by atoms with Crippen LogP contribution in [0.2, 0.25) is 0 Å². The van der Waals surface area contributed by atoms with Gasteiger partial charge in [-0.05, 0) is 18.3 Å². The second-order valence-corrected chi connectivity index (χ2v) is 4.78. The molecule has 0 saturated carbocycles. The quantitative estimate of drug-likeness (QED) is 0.682. The zero-order chi connectivity index (χ0) is 11.2. The van der Waals surface area contributed by atoms with Crippen LogP contribution in [0.5, 0.6) is 0 Å². The molecule has 14 heavy (non-hydrogen) atoms. The van der Waals surface area contributed by atoms with E-state index >= 15 is 0 Å². The summed E-state index contributed by atoms with van der Waals surface area (Å²) in [4.78, 5) is 0. The molecule has 0 atom stereocenters. The Morgan fingerprint density at radius 2 is 1.79 bits per heavy atom. The van der Waals surface area contributed by atoms with Crippen molar-refractivity contribution in [2.45, 2.75) is 39.5 Å². The van der Waals surface area contributed by atoms with Gasteiger partial charge in [0.2, 0.25) is 0 Å². The molecule has 0 aromatic carbocycles. The van der Waals surface area contributed by atoms with Gasteiger partial charge in [0, 0.05) is 6.61 Å². The summed E-state index contributed by atoms with van der Waals surface area (Å²) in [5.74, 6) is -2.87. The van der Waals surface area contributed by atoms with Crippen LogP contribution >= 0.6 is 0 Å². The molecule has 2 nitrogen and oxygen atoms in total. The molecule has 0 spiro atoms. The summed E-state index contributed by atoms with van der Waals surface area (Å²) in [6.07, 6.45) is 1.78. The minimum absolute atomic E-state index is 0.236. The number of rotatable bonds is 6. The zero-order valence-corrected chi connectivity index (χ0v) is 9.28. The monoisotopic (exact) mass is 209 g/mol. The molecule has 0 unspecified atom stereocenters. The third-order valence-electron chi connectivity index (χ3n) is 1.83. The smallest absolute Gasteiger partial charge is 0.282 e. The SMILES string of the molecule is CC(C)(C)CCCOCC(F)(F)CN. The second-order valence-electron chi connectivity index (χ2n) is 4.78. The van der Waals surface area contributed by atoms with Crippen LogP contribution in [-0.4, -0.2) is 25.7 Å². The van der Waals surface area contributed by atoms with Gasteiger partial charge in [-0.1, -0.05) is 20.8 Å². The Bertz CT molecular complexity index is 155. The summed E-state index contributed by atoms with van der Waals surface area (Å²) in [7, 11) is 0. The van der Waals surface area contributed by atoms with Crippen molar-refractivity contribution in [3.63, 3.8) is 0 Å². The van der Waals surface area contributed by atoms with Crippen molar-refractivity contribution in [3.05, 3.63) is 0 Å². The maximum atomic E-state index is 12.6. The lowest BCUT2D eigenvalue weighted by molar-refractivity contribution is -0.0704. The highest BCUT2D eigenvalue weighted by molar-refractivity contribution is 4.65. The molecule has 4 heteroatoms. The van der Waals surface area contributed by atoms with Gasteiger partial charge in [-0.3, -0.25) is 0 Å². The average molecular weight is 209 g/mol. The highest BCUT2D eigenvalue weighted by Crippen LogP contribution is 2.20. The predicted molar refractivity (Wildman–Crippen MR) is 53.5 cm³/mol. The lowest BCUT2D eigenvalue weighted by Gasteiger charge is -2.18. The lowest BCUT2D eigenvalue weighted by Crippen LogP contribution is -2.33. The van der Waals surface area contributed by atoms with Crippen LogP contribution in [0.15, 0.2) is 0 Å². The molecule has 0 aliphatic rings. The van der Waals surface area contributed by atoms with Crippen LogP contribution in [0.1, 0.15) is 33.6 Å². The topological polar surface area (TPSA) is 35.2 Å². The van der Waals surface area contributed by atoms with E-state index in [-0.39, 0.29) is 5.41 Å². The number of alkyl halides is 2. The van der Waals surface area contributed by atoms with E-state index in [0.717, 1.165) is 12.8 Å². The van der Waals surface area contributed by atoms with Crippen molar-refractivity contribution in [2.75, 3.05) is 19.8 Å². The first kappa shape index (κ1) is 13.8. The van der Waals surface area contributed by atoms with Crippen LogP contribution in [0, 0.1) is 5.41 Å². The summed E-state index contributed by atoms with van der Waals surface area (Å²) in [6, 6.07) is 0. The largest absolute Gasteiger partial charge is 0.375 e. The van der Waals surface area contributed by atoms with E-state index in [1.54, 1.807) is 0 Å². The van der Waals surface area contributed by atoms with Crippen molar-refractivity contribution in [1.29, 1.82) is 0 Å². The van der Waals surface area contributed by atoms with Crippen LogP contribution in [0.4, 0.5) is 8.78 Å². The Balaban J connectivity index is 3.39. The third-order valence-corrected chi connectivity index (χ3v) is 1.83. The van der Waals surface area contributed by atoms with Gasteiger partial charge in [0.25, 0.3) is 5.92 Å². The van der Waals surface area contributed by atoms with Crippen molar-refractivity contribution < 1.29 is 13.5 Å². The maximum absolute atomic E-state index is 12.6. The van der Waals surface area contributed by atoms with Gasteiger partial charge in [-0.2, -0.15) is 0 Å². The molecule has 0 aromatic rings. The van der Waals surface area contributed by atoms with Gasteiger partial charge in [0.1, 0.15) is 6.61 Å². The van der Waals surface area contributed by atoms with E-state index in [2.05, 4.69) is 20.8 Å². The van der Waals surface area contributed by atoms with E-state index in [1.165, 1.54) is 0 Å². The van der Waals surface area contributed by atoms with Gasteiger partial charge < -0.3 is 10.5 Å². The number of ether oxygens (including phenoxy) is 1. The van der Waals surface area contributed by atoms with Crippen LogP contribution in [0.25, 0.3) is 0 Å².